The second-order valence-corrected chi connectivity index (χ2v) is 6.75. The van der Waals surface area contributed by atoms with Crippen molar-refractivity contribution in [3.8, 4) is 22.8 Å². The van der Waals surface area contributed by atoms with Crippen LogP contribution in [0.5, 0.6) is 11.5 Å². The van der Waals surface area contributed by atoms with Gasteiger partial charge in [-0.2, -0.15) is 0 Å². The highest BCUT2D eigenvalue weighted by Crippen LogP contribution is 2.31. The molecule has 0 unspecified atom stereocenters. The fourth-order valence-electron chi connectivity index (χ4n) is 3.19. The minimum Gasteiger partial charge on any atom is -0.497 e. The number of nitrogens with zero attached hydrogens (tertiary/aromatic N) is 2. The third-order valence-electron chi connectivity index (χ3n) is 4.74. The number of hydrogen-bond acceptors (Lipinski definition) is 4. The Bertz CT molecular complexity index is 1200. The first-order valence-electron chi connectivity index (χ1n) is 9.43. The first-order valence-corrected chi connectivity index (χ1v) is 9.43. The molecule has 0 radical (unpaired) electrons. The molecule has 2 aromatic carbocycles. The molecule has 7 heteroatoms. The molecule has 2 heterocycles. The Labute approximate surface area is 174 Å². The number of fused-ring (bicyclic) bond motifs is 1. The van der Waals surface area contributed by atoms with Crippen LogP contribution in [0.15, 0.2) is 66.9 Å². The minimum atomic E-state index is -0.405. The molecule has 4 aromatic rings. The maximum atomic E-state index is 12.8. The summed E-state index contributed by atoms with van der Waals surface area (Å²) >= 11 is 0. The summed E-state index contributed by atoms with van der Waals surface area (Å²) in [6.07, 6.45) is 1.86. The van der Waals surface area contributed by atoms with Crippen molar-refractivity contribution in [2.45, 2.75) is 6.92 Å². The van der Waals surface area contributed by atoms with E-state index in [0.29, 0.717) is 28.7 Å². The highest BCUT2D eigenvalue weighted by molar-refractivity contribution is 6.02. The van der Waals surface area contributed by atoms with Gasteiger partial charge in [-0.05, 0) is 31.2 Å². The van der Waals surface area contributed by atoms with Gasteiger partial charge in [-0.1, -0.05) is 35.9 Å². The second-order valence-electron chi connectivity index (χ2n) is 6.75. The molecule has 0 atom stereocenters. The van der Waals surface area contributed by atoms with Gasteiger partial charge in [0, 0.05) is 17.8 Å². The molecule has 2 N–H and O–H groups in total. The summed E-state index contributed by atoms with van der Waals surface area (Å²) in [5.41, 5.74) is 4.04. The summed E-state index contributed by atoms with van der Waals surface area (Å²) in [5.74, 6) is 1.72. The van der Waals surface area contributed by atoms with Gasteiger partial charge in [0.25, 0.3) is 0 Å². The lowest BCUT2D eigenvalue weighted by atomic mass is 10.1. The lowest BCUT2D eigenvalue weighted by Crippen LogP contribution is -2.21. The molecule has 2 amide bonds. The number of nitrogens with one attached hydrogen (secondary N) is 2. The molecule has 0 saturated heterocycles. The Hall–Kier alpha value is -4.00. The number of carbonyl (C=O) groups is 1. The van der Waals surface area contributed by atoms with Crippen LogP contribution in [0.4, 0.5) is 16.3 Å². The lowest BCUT2D eigenvalue weighted by Gasteiger charge is -2.13. The number of pyridine rings is 1. The largest absolute Gasteiger partial charge is 0.497 e. The van der Waals surface area contributed by atoms with E-state index < -0.39 is 6.03 Å². The van der Waals surface area contributed by atoms with Crippen molar-refractivity contribution in [2.75, 3.05) is 24.9 Å². The Kier molecular flexibility index (Phi) is 5.26. The van der Waals surface area contributed by atoms with Gasteiger partial charge in [-0.25, -0.2) is 9.78 Å². The average Bonchev–Trinajstić information content (AvgIpc) is 3.13. The lowest BCUT2D eigenvalue weighted by molar-refractivity contribution is 0.262. The van der Waals surface area contributed by atoms with Crippen molar-refractivity contribution >= 4 is 23.2 Å². The van der Waals surface area contributed by atoms with Crippen molar-refractivity contribution in [3.05, 3.63) is 72.4 Å². The van der Waals surface area contributed by atoms with Crippen molar-refractivity contribution < 1.29 is 14.3 Å². The van der Waals surface area contributed by atoms with Gasteiger partial charge in [-0.15, -0.1) is 0 Å². The van der Waals surface area contributed by atoms with Gasteiger partial charge in [-0.3, -0.25) is 9.72 Å². The quantitative estimate of drug-likeness (QED) is 0.494. The van der Waals surface area contributed by atoms with Gasteiger partial charge in [0.1, 0.15) is 28.7 Å². The number of rotatable bonds is 5. The minimum absolute atomic E-state index is 0.405. The molecule has 0 aliphatic rings. The van der Waals surface area contributed by atoms with Crippen LogP contribution in [-0.2, 0) is 0 Å². The molecule has 2 aromatic heterocycles. The van der Waals surface area contributed by atoms with Gasteiger partial charge in [0.05, 0.1) is 19.9 Å². The van der Waals surface area contributed by atoms with E-state index in [0.717, 1.165) is 16.8 Å². The molecule has 7 nitrogen and oxygen atoms in total. The zero-order valence-corrected chi connectivity index (χ0v) is 17.0. The smallest absolute Gasteiger partial charge is 0.324 e. The molecule has 0 saturated carbocycles. The number of hydrogen-bond donors (Lipinski definition) is 2. The van der Waals surface area contributed by atoms with Crippen molar-refractivity contribution in [1.29, 1.82) is 0 Å². The van der Waals surface area contributed by atoms with Crippen LogP contribution in [-0.4, -0.2) is 29.6 Å². The number of aromatic nitrogens is 2. The van der Waals surface area contributed by atoms with E-state index in [1.165, 1.54) is 7.11 Å². The number of anilines is 2. The molecular weight excluding hydrogens is 380 g/mol. The van der Waals surface area contributed by atoms with Crippen LogP contribution < -0.4 is 20.1 Å². The molecule has 30 heavy (non-hydrogen) atoms. The van der Waals surface area contributed by atoms with E-state index in [9.17, 15) is 4.79 Å². The highest BCUT2D eigenvalue weighted by atomic mass is 16.5. The maximum Gasteiger partial charge on any atom is 0.324 e. The monoisotopic (exact) mass is 402 g/mol. The van der Waals surface area contributed by atoms with Crippen LogP contribution in [0.1, 0.15) is 5.56 Å². The third-order valence-corrected chi connectivity index (χ3v) is 4.74. The molecular formula is C23H22N4O3. The number of ether oxygens (including phenoxy) is 2. The van der Waals surface area contributed by atoms with Crippen molar-refractivity contribution in [1.82, 2.24) is 9.38 Å². The zero-order valence-electron chi connectivity index (χ0n) is 17.0. The van der Waals surface area contributed by atoms with Crippen molar-refractivity contribution in [2.24, 2.45) is 0 Å². The number of methoxy groups -OCH3 is 2. The molecule has 0 aliphatic carbocycles. The predicted molar refractivity (Wildman–Crippen MR) is 118 cm³/mol. The number of benzene rings is 2. The summed E-state index contributed by atoms with van der Waals surface area (Å²) in [5, 5.41) is 5.77. The Morgan fingerprint density at radius 2 is 1.77 bits per heavy atom. The normalized spacial score (nSPS) is 10.6. The topological polar surface area (TPSA) is 76.9 Å². The average molecular weight is 402 g/mol. The number of carbonyl (C=O) groups excluding carboxylic acids is 1. The summed E-state index contributed by atoms with van der Waals surface area (Å²) in [4.78, 5) is 17.5. The molecule has 0 aliphatic heterocycles. The first-order chi connectivity index (χ1) is 14.6. The van der Waals surface area contributed by atoms with Gasteiger partial charge >= 0.3 is 6.03 Å². The van der Waals surface area contributed by atoms with E-state index in [4.69, 9.17) is 14.5 Å². The predicted octanol–water partition coefficient (Wildman–Crippen LogP) is 4.97. The van der Waals surface area contributed by atoms with Crippen LogP contribution in [0.2, 0.25) is 0 Å². The van der Waals surface area contributed by atoms with E-state index in [-0.39, 0.29) is 0 Å². The standard InChI is InChI=1S/C23H22N4O3/c1-15-7-9-16(10-8-15)21-22(27-13-5-4-6-20(27)25-21)26-23(28)24-18-12-11-17(29-2)14-19(18)30-3/h4-14H,1-3H3,(H2,24,26,28). The molecule has 0 bridgehead atoms. The highest BCUT2D eigenvalue weighted by Gasteiger charge is 2.17. The number of amides is 2. The Morgan fingerprint density at radius 3 is 2.50 bits per heavy atom. The summed E-state index contributed by atoms with van der Waals surface area (Å²) in [6.45, 7) is 2.03. The molecule has 4 rings (SSSR count). The SMILES string of the molecule is COc1ccc(NC(=O)Nc2c(-c3ccc(C)cc3)nc3ccccn23)c(OC)c1. The first kappa shape index (κ1) is 19.3. The van der Waals surface area contributed by atoms with Crippen LogP contribution in [0.25, 0.3) is 16.9 Å². The molecule has 152 valence electrons. The molecule has 0 spiro atoms. The number of imidazole rings is 1. The summed E-state index contributed by atoms with van der Waals surface area (Å²) < 4.78 is 12.4. The van der Waals surface area contributed by atoms with E-state index in [2.05, 4.69) is 10.6 Å². The summed E-state index contributed by atoms with van der Waals surface area (Å²) in [7, 11) is 3.11. The van der Waals surface area contributed by atoms with Crippen LogP contribution in [0, 0.1) is 6.92 Å². The Balaban J connectivity index is 1.67. The van der Waals surface area contributed by atoms with Gasteiger partial charge < -0.3 is 14.8 Å². The van der Waals surface area contributed by atoms with Gasteiger partial charge in [0.15, 0.2) is 0 Å². The van der Waals surface area contributed by atoms with E-state index >= 15 is 0 Å². The number of urea groups is 1. The van der Waals surface area contributed by atoms with E-state index in [1.807, 2.05) is 60.0 Å². The van der Waals surface area contributed by atoms with Crippen LogP contribution in [0.3, 0.4) is 0 Å². The fraction of sp³-hybridized carbons (Fsp3) is 0.130. The second kappa shape index (κ2) is 8.16. The Morgan fingerprint density at radius 1 is 0.967 bits per heavy atom. The summed E-state index contributed by atoms with van der Waals surface area (Å²) in [6, 6.07) is 18.5. The molecule has 0 fully saturated rings. The van der Waals surface area contributed by atoms with E-state index in [1.54, 1.807) is 25.3 Å². The van der Waals surface area contributed by atoms with Crippen molar-refractivity contribution in [3.63, 3.8) is 0 Å². The zero-order chi connectivity index (χ0) is 21.1. The fourth-order valence-corrected chi connectivity index (χ4v) is 3.19. The number of aryl methyl sites for hydroxylation is 1. The maximum absolute atomic E-state index is 12.8. The van der Waals surface area contributed by atoms with Crippen LogP contribution >= 0.6 is 0 Å². The van der Waals surface area contributed by atoms with Gasteiger partial charge in [0.2, 0.25) is 0 Å². The third kappa shape index (κ3) is 3.77.